The van der Waals surface area contributed by atoms with E-state index in [-0.39, 0.29) is 12.5 Å². The predicted molar refractivity (Wildman–Crippen MR) is 92.8 cm³/mol. The summed E-state index contributed by atoms with van der Waals surface area (Å²) in [7, 11) is 0. The Bertz CT molecular complexity index is 679. The molecule has 1 amide bonds. The Balaban J connectivity index is 1.91. The molecular weight excluding hydrogens is 288 g/mol. The summed E-state index contributed by atoms with van der Waals surface area (Å²) in [6.45, 7) is 5.98. The van der Waals surface area contributed by atoms with Gasteiger partial charge in [0.25, 0.3) is 5.91 Å². The fourth-order valence-electron chi connectivity index (χ4n) is 2.15. The van der Waals surface area contributed by atoms with Crippen LogP contribution in [0, 0.1) is 0 Å². The van der Waals surface area contributed by atoms with E-state index in [1.165, 1.54) is 0 Å². The Morgan fingerprint density at radius 1 is 1.09 bits per heavy atom. The van der Waals surface area contributed by atoms with E-state index in [1.807, 2.05) is 61.5 Å². The van der Waals surface area contributed by atoms with Crippen LogP contribution in [-0.4, -0.2) is 18.2 Å². The average Bonchev–Trinajstić information content (AvgIpc) is 2.58. The average molecular weight is 310 g/mol. The molecule has 0 saturated carbocycles. The lowest BCUT2D eigenvalue weighted by atomic mass is 10.0. The van der Waals surface area contributed by atoms with Crippen LogP contribution in [0.4, 0.5) is 0 Å². The van der Waals surface area contributed by atoms with E-state index in [2.05, 4.69) is 24.4 Å². The number of para-hydroxylation sites is 1. The third-order valence-electron chi connectivity index (χ3n) is 3.44. The van der Waals surface area contributed by atoms with Gasteiger partial charge in [-0.25, -0.2) is 5.43 Å². The normalized spacial score (nSPS) is 11.4. The number of amides is 1. The minimum absolute atomic E-state index is 0.0602. The van der Waals surface area contributed by atoms with Crippen molar-refractivity contribution in [3.63, 3.8) is 0 Å². The number of carbonyl (C=O) groups excluding carboxylic acids is 1. The van der Waals surface area contributed by atoms with Crippen LogP contribution in [0.1, 0.15) is 37.8 Å². The molecule has 0 radical (unpaired) electrons. The number of nitrogens with zero attached hydrogens (tertiary/aromatic N) is 1. The summed E-state index contributed by atoms with van der Waals surface area (Å²) >= 11 is 0. The maximum atomic E-state index is 11.9. The molecule has 0 aliphatic carbocycles. The van der Waals surface area contributed by atoms with Gasteiger partial charge in [0.2, 0.25) is 0 Å². The van der Waals surface area contributed by atoms with Gasteiger partial charge in [-0.15, -0.1) is 0 Å². The highest BCUT2D eigenvalue weighted by atomic mass is 16.5. The molecule has 0 saturated heterocycles. The standard InChI is InChI=1S/C19H22N2O2/c1-14(2)17-11-7-8-12-18(17)23-13-19(22)21-20-15(3)16-9-5-4-6-10-16/h4-12,14H,13H2,1-3H3,(H,21,22)/b20-15-. The van der Waals surface area contributed by atoms with Crippen LogP contribution < -0.4 is 10.2 Å². The number of rotatable bonds is 6. The van der Waals surface area contributed by atoms with Crippen LogP contribution in [0.15, 0.2) is 59.7 Å². The molecule has 2 aromatic rings. The molecule has 23 heavy (non-hydrogen) atoms. The maximum absolute atomic E-state index is 11.9. The zero-order valence-electron chi connectivity index (χ0n) is 13.7. The van der Waals surface area contributed by atoms with Gasteiger partial charge in [-0.2, -0.15) is 5.10 Å². The molecule has 0 heterocycles. The van der Waals surface area contributed by atoms with Gasteiger partial charge in [0, 0.05) is 0 Å². The first kappa shape index (κ1) is 16.7. The van der Waals surface area contributed by atoms with E-state index in [4.69, 9.17) is 4.74 Å². The Kier molecular flexibility index (Phi) is 5.92. The second-order valence-corrected chi connectivity index (χ2v) is 5.58. The van der Waals surface area contributed by atoms with E-state index in [0.29, 0.717) is 5.92 Å². The third-order valence-corrected chi connectivity index (χ3v) is 3.44. The highest BCUT2D eigenvalue weighted by Gasteiger charge is 2.09. The third kappa shape index (κ3) is 4.95. The summed E-state index contributed by atoms with van der Waals surface area (Å²) in [6, 6.07) is 17.4. The molecule has 0 bridgehead atoms. The SMILES string of the molecule is C/C(=N/NC(=O)COc1ccccc1C(C)C)c1ccccc1. The first-order valence-electron chi connectivity index (χ1n) is 7.68. The molecule has 0 atom stereocenters. The maximum Gasteiger partial charge on any atom is 0.277 e. The monoisotopic (exact) mass is 310 g/mol. The van der Waals surface area contributed by atoms with Crippen LogP contribution >= 0.6 is 0 Å². The van der Waals surface area contributed by atoms with Gasteiger partial charge in [0.1, 0.15) is 5.75 Å². The van der Waals surface area contributed by atoms with E-state index >= 15 is 0 Å². The molecule has 0 unspecified atom stereocenters. The van der Waals surface area contributed by atoms with Crippen molar-refractivity contribution >= 4 is 11.6 Å². The van der Waals surface area contributed by atoms with Gasteiger partial charge in [-0.05, 0) is 30.0 Å². The molecule has 2 aromatic carbocycles. The highest BCUT2D eigenvalue weighted by molar-refractivity contribution is 5.99. The van der Waals surface area contributed by atoms with Crippen LogP contribution in [0.25, 0.3) is 0 Å². The van der Waals surface area contributed by atoms with Gasteiger partial charge in [0.15, 0.2) is 6.61 Å². The number of benzene rings is 2. The summed E-state index contributed by atoms with van der Waals surface area (Å²) in [5, 5.41) is 4.10. The van der Waals surface area contributed by atoms with Gasteiger partial charge in [-0.3, -0.25) is 4.79 Å². The first-order chi connectivity index (χ1) is 11.1. The minimum Gasteiger partial charge on any atom is -0.483 e. The smallest absolute Gasteiger partial charge is 0.277 e. The number of hydrogen-bond acceptors (Lipinski definition) is 3. The van der Waals surface area contributed by atoms with Crippen molar-refractivity contribution in [3.05, 3.63) is 65.7 Å². The van der Waals surface area contributed by atoms with Gasteiger partial charge in [0.05, 0.1) is 5.71 Å². The number of nitrogens with one attached hydrogen (secondary N) is 1. The van der Waals surface area contributed by atoms with Crippen LogP contribution in [-0.2, 0) is 4.79 Å². The number of ether oxygens (including phenoxy) is 1. The Labute approximate surface area is 137 Å². The summed E-state index contributed by atoms with van der Waals surface area (Å²) in [5.74, 6) is 0.799. The predicted octanol–water partition coefficient (Wildman–Crippen LogP) is 3.73. The number of hydrazone groups is 1. The molecule has 0 aliphatic heterocycles. The molecule has 4 nitrogen and oxygen atoms in total. The fourth-order valence-corrected chi connectivity index (χ4v) is 2.15. The summed E-state index contributed by atoms with van der Waals surface area (Å²) in [6.07, 6.45) is 0. The molecule has 120 valence electrons. The Morgan fingerprint density at radius 2 is 1.74 bits per heavy atom. The molecule has 4 heteroatoms. The summed E-state index contributed by atoms with van der Waals surface area (Å²) in [5.41, 5.74) is 5.33. The second kappa shape index (κ2) is 8.13. The Morgan fingerprint density at radius 3 is 2.43 bits per heavy atom. The highest BCUT2D eigenvalue weighted by Crippen LogP contribution is 2.25. The molecule has 2 rings (SSSR count). The lowest BCUT2D eigenvalue weighted by molar-refractivity contribution is -0.123. The van der Waals surface area contributed by atoms with Crippen molar-refractivity contribution in [3.8, 4) is 5.75 Å². The zero-order valence-corrected chi connectivity index (χ0v) is 13.7. The van der Waals surface area contributed by atoms with Crippen molar-refractivity contribution in [1.82, 2.24) is 5.43 Å². The summed E-state index contributed by atoms with van der Waals surface area (Å²) < 4.78 is 5.62. The first-order valence-corrected chi connectivity index (χ1v) is 7.68. The minimum atomic E-state index is -0.279. The van der Waals surface area contributed by atoms with Gasteiger partial charge >= 0.3 is 0 Å². The number of hydrogen-bond donors (Lipinski definition) is 1. The van der Waals surface area contributed by atoms with Crippen LogP contribution in [0.2, 0.25) is 0 Å². The van der Waals surface area contributed by atoms with Crippen LogP contribution in [0.3, 0.4) is 0 Å². The van der Waals surface area contributed by atoms with Crippen LogP contribution in [0.5, 0.6) is 5.75 Å². The van der Waals surface area contributed by atoms with Crippen molar-refractivity contribution in [2.75, 3.05) is 6.61 Å². The topological polar surface area (TPSA) is 50.7 Å². The van der Waals surface area contributed by atoms with Gasteiger partial charge < -0.3 is 4.74 Å². The largest absolute Gasteiger partial charge is 0.483 e. The quantitative estimate of drug-likeness (QED) is 0.653. The van der Waals surface area contributed by atoms with Gasteiger partial charge in [-0.1, -0.05) is 62.4 Å². The molecule has 0 aliphatic rings. The van der Waals surface area contributed by atoms with E-state index in [9.17, 15) is 4.79 Å². The van der Waals surface area contributed by atoms with E-state index < -0.39 is 0 Å². The number of carbonyl (C=O) groups is 1. The van der Waals surface area contributed by atoms with Crippen molar-refractivity contribution in [1.29, 1.82) is 0 Å². The lowest BCUT2D eigenvalue weighted by Crippen LogP contribution is -2.25. The molecule has 0 aromatic heterocycles. The molecule has 0 spiro atoms. The van der Waals surface area contributed by atoms with E-state index in [0.717, 1.165) is 22.6 Å². The fraction of sp³-hybridized carbons (Fsp3) is 0.263. The van der Waals surface area contributed by atoms with Crippen molar-refractivity contribution in [2.24, 2.45) is 5.10 Å². The second-order valence-electron chi connectivity index (χ2n) is 5.58. The Hall–Kier alpha value is -2.62. The molecular formula is C19H22N2O2. The van der Waals surface area contributed by atoms with E-state index in [1.54, 1.807) is 0 Å². The molecule has 1 N–H and O–H groups in total. The molecule has 0 fully saturated rings. The lowest BCUT2D eigenvalue weighted by Gasteiger charge is -2.13. The van der Waals surface area contributed by atoms with Crippen molar-refractivity contribution in [2.45, 2.75) is 26.7 Å². The van der Waals surface area contributed by atoms with Crippen molar-refractivity contribution < 1.29 is 9.53 Å². The summed E-state index contributed by atoms with van der Waals surface area (Å²) in [4.78, 5) is 11.9. The zero-order chi connectivity index (χ0) is 16.7.